The maximum atomic E-state index is 13.4. The Hall–Kier alpha value is -3.19. The third-order valence-corrected chi connectivity index (χ3v) is 5.57. The van der Waals surface area contributed by atoms with Gasteiger partial charge in [0.1, 0.15) is 24.0 Å². The van der Waals surface area contributed by atoms with Crippen molar-refractivity contribution >= 4 is 5.91 Å². The number of hydrogen-bond acceptors (Lipinski definition) is 5. The molecule has 3 aromatic rings. The van der Waals surface area contributed by atoms with Gasteiger partial charge < -0.3 is 14.5 Å². The third kappa shape index (κ3) is 4.77. The van der Waals surface area contributed by atoms with Crippen LogP contribution in [0.3, 0.4) is 0 Å². The highest BCUT2D eigenvalue weighted by Gasteiger charge is 2.32. The minimum atomic E-state index is -0.0328. The summed E-state index contributed by atoms with van der Waals surface area (Å²) in [5, 5.41) is 0. The van der Waals surface area contributed by atoms with Gasteiger partial charge in [0.25, 0.3) is 5.91 Å². The van der Waals surface area contributed by atoms with Crippen LogP contribution in [-0.2, 0) is 0 Å². The topological polar surface area (TPSA) is 63.5 Å². The lowest BCUT2D eigenvalue weighted by atomic mass is 10.1. The highest BCUT2D eigenvalue weighted by Crippen LogP contribution is 2.33. The van der Waals surface area contributed by atoms with E-state index >= 15 is 0 Å². The fourth-order valence-corrected chi connectivity index (χ4v) is 3.93. The van der Waals surface area contributed by atoms with Crippen molar-refractivity contribution in [3.8, 4) is 11.6 Å². The number of nitrogens with zero attached hydrogens (tertiary/aromatic N) is 5. The van der Waals surface area contributed by atoms with Gasteiger partial charge in [-0.2, -0.15) is 0 Å². The quantitative estimate of drug-likeness (QED) is 0.587. The van der Waals surface area contributed by atoms with Crippen molar-refractivity contribution in [2.45, 2.75) is 25.8 Å². The van der Waals surface area contributed by atoms with Crippen LogP contribution < -0.4 is 4.74 Å². The molecule has 2 aromatic heterocycles. The molecular formula is C24H29N5O2. The van der Waals surface area contributed by atoms with Gasteiger partial charge in [-0.3, -0.25) is 9.36 Å². The summed E-state index contributed by atoms with van der Waals surface area (Å²) in [4.78, 5) is 26.5. The zero-order chi connectivity index (χ0) is 21.8. The molecule has 1 saturated heterocycles. The number of imidazole rings is 1. The Labute approximate surface area is 183 Å². The van der Waals surface area contributed by atoms with Crippen molar-refractivity contribution in [3.05, 3.63) is 71.9 Å². The van der Waals surface area contributed by atoms with Gasteiger partial charge >= 0.3 is 0 Å². The van der Waals surface area contributed by atoms with Gasteiger partial charge in [0.15, 0.2) is 0 Å². The molecule has 0 bridgehead atoms. The Bertz CT molecular complexity index is 1050. The van der Waals surface area contributed by atoms with E-state index in [0.29, 0.717) is 12.2 Å². The highest BCUT2D eigenvalue weighted by atomic mass is 16.5. The number of carbonyl (C=O) groups is 1. The number of likely N-dealkylation sites (N-methyl/N-ethyl adjacent to an activating group) is 1. The first-order chi connectivity index (χ1) is 15.0. The first-order valence-corrected chi connectivity index (χ1v) is 10.7. The van der Waals surface area contributed by atoms with Gasteiger partial charge in [-0.15, -0.1) is 0 Å². The van der Waals surface area contributed by atoms with E-state index in [-0.39, 0.29) is 11.9 Å². The molecule has 0 N–H and O–H groups in total. The maximum absolute atomic E-state index is 13.4. The number of benzene rings is 1. The number of rotatable bonds is 7. The summed E-state index contributed by atoms with van der Waals surface area (Å²) < 4.78 is 7.77. The van der Waals surface area contributed by atoms with Crippen molar-refractivity contribution in [2.75, 3.05) is 33.8 Å². The van der Waals surface area contributed by atoms with Crippen LogP contribution in [0.5, 0.6) is 5.75 Å². The number of hydrogen-bond donors (Lipinski definition) is 0. The van der Waals surface area contributed by atoms with Crippen LogP contribution in [0.4, 0.5) is 0 Å². The average Bonchev–Trinajstić information content (AvgIpc) is 3.42. The van der Waals surface area contributed by atoms with Gasteiger partial charge in [0.2, 0.25) is 0 Å². The minimum Gasteiger partial charge on any atom is -0.492 e. The normalized spacial score (nSPS) is 16.1. The molecule has 1 aliphatic heterocycles. The summed E-state index contributed by atoms with van der Waals surface area (Å²) in [6, 6.07) is 13.4. The van der Waals surface area contributed by atoms with Crippen LogP contribution >= 0.6 is 0 Å². The van der Waals surface area contributed by atoms with E-state index in [1.165, 1.54) is 0 Å². The van der Waals surface area contributed by atoms with Crippen LogP contribution in [0.15, 0.2) is 54.9 Å². The number of ether oxygens (including phenoxy) is 1. The summed E-state index contributed by atoms with van der Waals surface area (Å²) in [6.45, 7) is 4.09. The van der Waals surface area contributed by atoms with E-state index in [0.717, 1.165) is 49.0 Å². The summed E-state index contributed by atoms with van der Waals surface area (Å²) in [7, 11) is 4.02. The zero-order valence-corrected chi connectivity index (χ0v) is 18.4. The monoisotopic (exact) mass is 419 g/mol. The molecule has 162 valence electrons. The van der Waals surface area contributed by atoms with Gasteiger partial charge in [0.05, 0.1) is 11.7 Å². The van der Waals surface area contributed by atoms with Crippen molar-refractivity contribution in [1.82, 2.24) is 24.3 Å². The van der Waals surface area contributed by atoms with E-state index in [1.54, 1.807) is 6.20 Å². The maximum Gasteiger partial charge on any atom is 0.254 e. The predicted octanol–water partition coefficient (Wildman–Crippen LogP) is 3.49. The Morgan fingerprint density at radius 2 is 2.06 bits per heavy atom. The van der Waals surface area contributed by atoms with Crippen LogP contribution in [0.1, 0.15) is 40.8 Å². The molecule has 0 spiro atoms. The molecule has 0 aliphatic carbocycles. The number of carbonyl (C=O) groups excluding carboxylic acids is 1. The second-order valence-electron chi connectivity index (χ2n) is 8.10. The largest absolute Gasteiger partial charge is 0.492 e. The molecular weight excluding hydrogens is 390 g/mol. The second-order valence-corrected chi connectivity index (χ2v) is 8.10. The Morgan fingerprint density at radius 1 is 1.23 bits per heavy atom. The van der Waals surface area contributed by atoms with Crippen molar-refractivity contribution in [3.63, 3.8) is 0 Å². The summed E-state index contributed by atoms with van der Waals surface area (Å²) in [5.74, 6) is 2.45. The second kappa shape index (κ2) is 9.31. The van der Waals surface area contributed by atoms with Gasteiger partial charge in [-0.1, -0.05) is 12.1 Å². The molecule has 1 aliphatic rings. The van der Waals surface area contributed by atoms with Gasteiger partial charge in [-0.05, 0) is 64.2 Å². The van der Waals surface area contributed by atoms with Crippen molar-refractivity contribution in [2.24, 2.45) is 0 Å². The third-order valence-electron chi connectivity index (χ3n) is 5.57. The standard InChI is InChI=1S/C24H29N5O2/c1-18-25-12-14-28(18)23-11-5-9-21(26-23)22-10-6-13-29(22)24(30)19-7-4-8-20(17-19)31-16-15-27(2)3/h4-5,7-9,11-12,14,17,22H,6,10,13,15-16H2,1-3H3/t22-/m0/s1. The number of aromatic nitrogens is 3. The lowest BCUT2D eigenvalue weighted by molar-refractivity contribution is 0.0732. The summed E-state index contributed by atoms with van der Waals surface area (Å²) >= 11 is 0. The van der Waals surface area contributed by atoms with Crippen LogP contribution in [0.2, 0.25) is 0 Å². The fourth-order valence-electron chi connectivity index (χ4n) is 3.93. The van der Waals surface area contributed by atoms with Crippen LogP contribution in [0, 0.1) is 6.92 Å². The Balaban J connectivity index is 1.53. The molecule has 1 amide bonds. The SMILES string of the molecule is Cc1nccn1-c1cccc([C@@H]2CCCN2C(=O)c2cccc(OCCN(C)C)c2)n1. The van der Waals surface area contributed by atoms with E-state index in [2.05, 4.69) is 9.88 Å². The molecule has 1 atom stereocenters. The number of pyridine rings is 1. The number of likely N-dealkylation sites (tertiary alicyclic amines) is 1. The fraction of sp³-hybridized carbons (Fsp3) is 0.375. The summed E-state index contributed by atoms with van der Waals surface area (Å²) in [5.41, 5.74) is 1.56. The van der Waals surface area contributed by atoms with Crippen LogP contribution in [-0.4, -0.2) is 64.0 Å². The summed E-state index contributed by atoms with van der Waals surface area (Å²) in [6.07, 6.45) is 5.54. The zero-order valence-electron chi connectivity index (χ0n) is 18.4. The smallest absolute Gasteiger partial charge is 0.254 e. The molecule has 1 fully saturated rings. The first kappa shape index (κ1) is 21.1. The highest BCUT2D eigenvalue weighted by molar-refractivity contribution is 5.95. The number of amides is 1. The first-order valence-electron chi connectivity index (χ1n) is 10.7. The van der Waals surface area contributed by atoms with E-state index < -0.39 is 0 Å². The lowest BCUT2D eigenvalue weighted by Gasteiger charge is -2.25. The van der Waals surface area contributed by atoms with Crippen molar-refractivity contribution < 1.29 is 9.53 Å². The van der Waals surface area contributed by atoms with E-state index in [9.17, 15) is 4.79 Å². The van der Waals surface area contributed by atoms with Crippen LogP contribution in [0.25, 0.3) is 5.82 Å². The lowest BCUT2D eigenvalue weighted by Crippen LogP contribution is -2.31. The molecule has 4 rings (SSSR count). The molecule has 7 heteroatoms. The van der Waals surface area contributed by atoms with E-state index in [4.69, 9.17) is 9.72 Å². The van der Waals surface area contributed by atoms with Gasteiger partial charge in [0, 0.05) is 31.0 Å². The molecule has 1 aromatic carbocycles. The van der Waals surface area contributed by atoms with E-state index in [1.807, 2.05) is 79.1 Å². The number of aryl methyl sites for hydroxylation is 1. The molecule has 0 unspecified atom stereocenters. The van der Waals surface area contributed by atoms with Crippen molar-refractivity contribution in [1.29, 1.82) is 0 Å². The Kier molecular flexibility index (Phi) is 6.32. The molecule has 3 heterocycles. The molecule has 0 saturated carbocycles. The average molecular weight is 420 g/mol. The molecule has 31 heavy (non-hydrogen) atoms. The predicted molar refractivity (Wildman–Crippen MR) is 120 cm³/mol. The van der Waals surface area contributed by atoms with Gasteiger partial charge in [-0.25, -0.2) is 9.97 Å². The molecule has 0 radical (unpaired) electrons. The molecule has 7 nitrogen and oxygen atoms in total. The Morgan fingerprint density at radius 3 is 2.84 bits per heavy atom. The minimum absolute atomic E-state index is 0.0200.